The number of nitrogens with two attached hydrogens (primary N) is 1. The van der Waals surface area contributed by atoms with Crippen LogP contribution in [0, 0.1) is 0 Å². The summed E-state index contributed by atoms with van der Waals surface area (Å²) >= 11 is 0. The molecule has 3 aromatic carbocycles. The van der Waals surface area contributed by atoms with E-state index in [2.05, 4.69) is 5.32 Å². The van der Waals surface area contributed by atoms with Crippen LogP contribution in [0.4, 0.5) is 10.5 Å². The van der Waals surface area contributed by atoms with Crippen LogP contribution in [0.2, 0.25) is 0 Å². The van der Waals surface area contributed by atoms with Crippen molar-refractivity contribution in [2.45, 2.75) is 18.1 Å². The van der Waals surface area contributed by atoms with Crippen LogP contribution < -0.4 is 11.1 Å². The number of nitrogens with one attached hydrogen (secondary N) is 1. The van der Waals surface area contributed by atoms with Gasteiger partial charge in [0.15, 0.2) is 0 Å². The molecule has 0 bridgehead atoms. The van der Waals surface area contributed by atoms with Crippen LogP contribution in [0.15, 0.2) is 66.7 Å². The number of aromatic carboxylic acids is 1. The van der Waals surface area contributed by atoms with E-state index in [9.17, 15) is 19.8 Å². The van der Waals surface area contributed by atoms with E-state index in [1.807, 2.05) is 48.5 Å². The molecule has 3 aromatic rings. The van der Waals surface area contributed by atoms with E-state index in [1.165, 1.54) is 18.2 Å². The van der Waals surface area contributed by atoms with Gasteiger partial charge >= 0.3 is 12.1 Å². The van der Waals surface area contributed by atoms with Gasteiger partial charge < -0.3 is 31.1 Å². The third kappa shape index (κ3) is 4.39. The highest BCUT2D eigenvalue weighted by Gasteiger charge is 2.29. The molecular weight excluding hydrogens is 424 g/mol. The van der Waals surface area contributed by atoms with Crippen LogP contribution in [0.1, 0.15) is 39.1 Å². The Balaban J connectivity index is 1.36. The average Bonchev–Trinajstić information content (AvgIpc) is 3.14. The Labute approximate surface area is 190 Å². The highest BCUT2D eigenvalue weighted by Crippen LogP contribution is 2.44. The number of rotatable bonds is 7. The minimum atomic E-state index is -1.49. The summed E-state index contributed by atoms with van der Waals surface area (Å²) in [7, 11) is 0. The molecule has 0 spiro atoms. The maximum atomic E-state index is 12.3. The van der Waals surface area contributed by atoms with E-state index in [4.69, 9.17) is 15.6 Å². The Morgan fingerprint density at radius 2 is 1.55 bits per heavy atom. The van der Waals surface area contributed by atoms with Crippen molar-refractivity contribution in [1.82, 2.24) is 5.32 Å². The molecule has 0 fully saturated rings. The van der Waals surface area contributed by atoms with Gasteiger partial charge in [0.2, 0.25) is 0 Å². The Bertz CT molecular complexity index is 1150. The summed E-state index contributed by atoms with van der Waals surface area (Å²) < 4.78 is 5.40. The fraction of sp³-hybridized carbons (Fsp3) is 0.200. The molecule has 4 rings (SSSR count). The number of ether oxygens (including phenoxy) is 1. The number of alkyl carbamates (subject to hydrolysis) is 1. The molecule has 6 N–H and O–H groups in total. The number of carbonyl (C=O) groups excluding carboxylic acids is 1. The van der Waals surface area contributed by atoms with Gasteiger partial charge in [0, 0.05) is 18.0 Å². The SMILES string of the molecule is Nc1c(C(=O)O)cccc1C(O)C(O)CNC(=O)OCC1c2ccccc2-c2ccccc21. The zero-order valence-corrected chi connectivity index (χ0v) is 17.6. The fourth-order valence-electron chi connectivity index (χ4n) is 4.18. The first-order chi connectivity index (χ1) is 15.9. The lowest BCUT2D eigenvalue weighted by Crippen LogP contribution is -2.36. The van der Waals surface area contributed by atoms with Gasteiger partial charge in [-0.25, -0.2) is 9.59 Å². The smallest absolute Gasteiger partial charge is 0.407 e. The minimum absolute atomic E-state index is 0.0664. The maximum absolute atomic E-state index is 12.3. The number of aliphatic hydroxyl groups is 2. The molecule has 8 heteroatoms. The normalized spacial score (nSPS) is 14.1. The van der Waals surface area contributed by atoms with E-state index >= 15 is 0 Å². The predicted molar refractivity (Wildman–Crippen MR) is 122 cm³/mol. The molecule has 0 saturated heterocycles. The summed E-state index contributed by atoms with van der Waals surface area (Å²) in [5, 5.41) is 32.3. The van der Waals surface area contributed by atoms with Crippen LogP contribution in [0.3, 0.4) is 0 Å². The van der Waals surface area contributed by atoms with Crippen molar-refractivity contribution in [2.75, 3.05) is 18.9 Å². The van der Waals surface area contributed by atoms with E-state index < -0.39 is 24.3 Å². The maximum Gasteiger partial charge on any atom is 0.407 e. The van der Waals surface area contributed by atoms with Gasteiger partial charge in [-0.05, 0) is 28.3 Å². The van der Waals surface area contributed by atoms with E-state index in [-0.39, 0.29) is 35.9 Å². The number of carboxylic acids is 1. The second kappa shape index (κ2) is 9.32. The van der Waals surface area contributed by atoms with Gasteiger partial charge in [-0.2, -0.15) is 0 Å². The van der Waals surface area contributed by atoms with Crippen molar-refractivity contribution in [3.8, 4) is 11.1 Å². The zero-order valence-electron chi connectivity index (χ0n) is 17.6. The van der Waals surface area contributed by atoms with Crippen LogP contribution in [-0.2, 0) is 4.74 Å². The van der Waals surface area contributed by atoms with Crippen LogP contribution in [0.5, 0.6) is 0 Å². The largest absolute Gasteiger partial charge is 0.478 e. The molecule has 170 valence electrons. The van der Waals surface area contributed by atoms with Crippen molar-refractivity contribution >= 4 is 17.7 Å². The number of nitrogen functional groups attached to an aromatic ring is 1. The van der Waals surface area contributed by atoms with E-state index in [1.54, 1.807) is 0 Å². The lowest BCUT2D eigenvalue weighted by molar-refractivity contribution is 0.0189. The number of anilines is 1. The van der Waals surface area contributed by atoms with Crippen LogP contribution in [0.25, 0.3) is 11.1 Å². The standard InChI is InChI=1S/C25H24N2O6/c26-22-18(10-5-11-19(22)24(30)31)23(29)21(28)12-27-25(32)33-13-20-16-8-3-1-6-14(16)15-7-2-4-9-17(15)20/h1-11,20-21,23,28-29H,12-13,26H2,(H,27,32)(H,30,31). The van der Waals surface area contributed by atoms with Crippen LogP contribution >= 0.6 is 0 Å². The first-order valence-corrected chi connectivity index (χ1v) is 10.4. The zero-order chi connectivity index (χ0) is 23.5. The minimum Gasteiger partial charge on any atom is -0.478 e. The molecule has 8 nitrogen and oxygen atoms in total. The summed E-state index contributed by atoms with van der Waals surface area (Å²) in [5.41, 5.74) is 9.94. The second-order valence-electron chi connectivity index (χ2n) is 7.83. The molecule has 0 aromatic heterocycles. The molecule has 33 heavy (non-hydrogen) atoms. The highest BCUT2D eigenvalue weighted by molar-refractivity contribution is 5.94. The van der Waals surface area contributed by atoms with Crippen LogP contribution in [-0.4, -0.2) is 46.6 Å². The number of aliphatic hydroxyl groups excluding tert-OH is 2. The van der Waals surface area contributed by atoms with Crippen molar-refractivity contribution in [1.29, 1.82) is 0 Å². The number of hydrogen-bond acceptors (Lipinski definition) is 6. The Morgan fingerprint density at radius 1 is 0.939 bits per heavy atom. The molecule has 0 aliphatic heterocycles. The second-order valence-corrected chi connectivity index (χ2v) is 7.83. The number of hydrogen-bond donors (Lipinski definition) is 5. The molecule has 0 heterocycles. The number of amides is 1. The highest BCUT2D eigenvalue weighted by atomic mass is 16.5. The molecule has 0 radical (unpaired) electrons. The Hall–Kier alpha value is -3.88. The van der Waals surface area contributed by atoms with Gasteiger partial charge in [0.05, 0.1) is 11.3 Å². The summed E-state index contributed by atoms with van der Waals surface area (Å²) in [6.45, 7) is -0.194. The summed E-state index contributed by atoms with van der Waals surface area (Å²) in [6, 6.07) is 20.1. The molecule has 1 aliphatic carbocycles. The molecule has 1 aliphatic rings. The Kier molecular flexibility index (Phi) is 6.30. The third-order valence-corrected chi connectivity index (χ3v) is 5.85. The summed E-state index contributed by atoms with van der Waals surface area (Å²) in [4.78, 5) is 23.5. The molecular formula is C25H24N2O6. The third-order valence-electron chi connectivity index (χ3n) is 5.85. The lowest BCUT2D eigenvalue weighted by Gasteiger charge is -2.21. The monoisotopic (exact) mass is 448 g/mol. The average molecular weight is 448 g/mol. The number of fused-ring (bicyclic) bond motifs is 3. The topological polar surface area (TPSA) is 142 Å². The Morgan fingerprint density at radius 3 is 2.15 bits per heavy atom. The summed E-state index contributed by atoms with van der Waals surface area (Å²) in [5.74, 6) is -1.34. The number of para-hydroxylation sites is 1. The van der Waals surface area contributed by atoms with Crippen molar-refractivity contribution in [2.24, 2.45) is 0 Å². The fourth-order valence-corrected chi connectivity index (χ4v) is 4.18. The number of carboxylic acid groups (broad SMARTS) is 1. The summed E-state index contributed by atoms with van der Waals surface area (Å²) in [6.07, 6.45) is -3.65. The predicted octanol–water partition coefficient (Wildman–Crippen LogP) is 2.90. The van der Waals surface area contributed by atoms with E-state index in [0.717, 1.165) is 22.3 Å². The first-order valence-electron chi connectivity index (χ1n) is 10.4. The van der Waals surface area contributed by atoms with Crippen molar-refractivity contribution < 1.29 is 29.6 Å². The van der Waals surface area contributed by atoms with Gasteiger partial charge in [-0.15, -0.1) is 0 Å². The quantitative estimate of drug-likeness (QED) is 0.350. The molecule has 1 amide bonds. The number of benzene rings is 3. The molecule has 0 saturated carbocycles. The van der Waals surface area contributed by atoms with Gasteiger partial charge in [0.25, 0.3) is 0 Å². The first kappa shape index (κ1) is 22.3. The van der Waals surface area contributed by atoms with Crippen molar-refractivity contribution in [3.05, 3.63) is 89.0 Å². The van der Waals surface area contributed by atoms with Gasteiger partial charge in [0.1, 0.15) is 18.8 Å². The van der Waals surface area contributed by atoms with Gasteiger partial charge in [-0.3, -0.25) is 0 Å². The molecule has 2 unspecified atom stereocenters. The lowest BCUT2D eigenvalue weighted by atomic mass is 9.98. The number of carbonyl (C=O) groups is 2. The molecule has 2 atom stereocenters. The van der Waals surface area contributed by atoms with Gasteiger partial charge in [-0.1, -0.05) is 60.7 Å². The van der Waals surface area contributed by atoms with E-state index in [0.29, 0.717) is 0 Å². The van der Waals surface area contributed by atoms with Crippen molar-refractivity contribution in [3.63, 3.8) is 0 Å².